The Morgan fingerprint density at radius 1 is 1.35 bits per heavy atom. The zero-order valence-corrected chi connectivity index (χ0v) is 12.5. The molecule has 2 rings (SSSR count). The fourth-order valence-electron chi connectivity index (χ4n) is 1.53. The van der Waals surface area contributed by atoms with E-state index < -0.39 is 6.10 Å². The highest BCUT2D eigenvalue weighted by atomic mass is 32.1. The summed E-state index contributed by atoms with van der Waals surface area (Å²) in [6.07, 6.45) is 0.217. The van der Waals surface area contributed by atoms with Gasteiger partial charge in [0.1, 0.15) is 10.8 Å². The van der Waals surface area contributed by atoms with E-state index in [1.54, 1.807) is 6.92 Å². The summed E-state index contributed by atoms with van der Waals surface area (Å²) in [5, 5.41) is 12.0. The number of nitrogens with zero attached hydrogens (tertiary/aromatic N) is 2. The average Bonchev–Trinajstić information content (AvgIpc) is 2.89. The molecule has 0 aliphatic heterocycles. The van der Waals surface area contributed by atoms with Gasteiger partial charge in [-0.15, -0.1) is 10.2 Å². The number of hydrogen-bond donors (Lipinski definition) is 1. The number of rotatable bonds is 5. The summed E-state index contributed by atoms with van der Waals surface area (Å²) >= 11 is 1.38. The van der Waals surface area contributed by atoms with Crippen LogP contribution in [0.1, 0.15) is 24.4 Å². The van der Waals surface area contributed by atoms with Gasteiger partial charge in [-0.2, -0.15) is 0 Å². The molecular weight excluding hydrogens is 274 g/mol. The number of hydrogen-bond acceptors (Lipinski definition) is 5. The Bertz CT molecular complexity index is 580. The van der Waals surface area contributed by atoms with Crippen molar-refractivity contribution >= 4 is 22.4 Å². The normalized spacial score (nSPS) is 11.9. The van der Waals surface area contributed by atoms with Crippen LogP contribution >= 0.6 is 11.3 Å². The molecule has 0 saturated carbocycles. The van der Waals surface area contributed by atoms with Crippen molar-refractivity contribution in [3.63, 3.8) is 0 Å². The molecule has 0 aliphatic rings. The topological polar surface area (TPSA) is 64.1 Å². The summed E-state index contributed by atoms with van der Waals surface area (Å²) in [5.41, 5.74) is 1.15. The Morgan fingerprint density at radius 2 is 2.05 bits per heavy atom. The summed E-state index contributed by atoms with van der Waals surface area (Å²) in [6, 6.07) is 7.58. The second kappa shape index (κ2) is 6.47. The zero-order chi connectivity index (χ0) is 14.5. The average molecular weight is 291 g/mol. The van der Waals surface area contributed by atoms with Gasteiger partial charge in [0.25, 0.3) is 5.91 Å². The van der Waals surface area contributed by atoms with Crippen molar-refractivity contribution in [3.8, 4) is 5.75 Å². The highest BCUT2D eigenvalue weighted by Gasteiger charge is 2.16. The second-order valence-electron chi connectivity index (χ2n) is 4.42. The maximum atomic E-state index is 12.0. The highest BCUT2D eigenvalue weighted by molar-refractivity contribution is 7.15. The first-order valence-electron chi connectivity index (χ1n) is 6.45. The minimum absolute atomic E-state index is 0.232. The first kappa shape index (κ1) is 14.5. The SMILES string of the molecule is CCc1nnc(NC(=O)[C@@H](C)Oc2ccc(C)cc2)s1. The van der Waals surface area contributed by atoms with Gasteiger partial charge in [0.15, 0.2) is 6.10 Å². The molecule has 0 bridgehead atoms. The summed E-state index contributed by atoms with van der Waals surface area (Å²) in [7, 11) is 0. The van der Waals surface area contributed by atoms with Gasteiger partial charge in [-0.3, -0.25) is 10.1 Å². The maximum absolute atomic E-state index is 12.0. The largest absolute Gasteiger partial charge is 0.481 e. The maximum Gasteiger partial charge on any atom is 0.266 e. The molecule has 2 aromatic rings. The molecule has 1 atom stereocenters. The van der Waals surface area contributed by atoms with Gasteiger partial charge in [0.2, 0.25) is 5.13 Å². The van der Waals surface area contributed by atoms with Crippen molar-refractivity contribution in [1.29, 1.82) is 0 Å². The molecule has 106 valence electrons. The van der Waals surface area contributed by atoms with Crippen LogP contribution in [-0.2, 0) is 11.2 Å². The van der Waals surface area contributed by atoms with E-state index in [1.807, 2.05) is 38.1 Å². The third-order valence-corrected chi connectivity index (χ3v) is 3.69. The monoisotopic (exact) mass is 291 g/mol. The number of anilines is 1. The van der Waals surface area contributed by atoms with Gasteiger partial charge in [-0.05, 0) is 32.4 Å². The van der Waals surface area contributed by atoms with E-state index in [0.29, 0.717) is 10.9 Å². The molecule has 5 nitrogen and oxygen atoms in total. The lowest BCUT2D eigenvalue weighted by molar-refractivity contribution is -0.122. The van der Waals surface area contributed by atoms with Crippen LogP contribution in [0.3, 0.4) is 0 Å². The summed E-state index contributed by atoms with van der Waals surface area (Å²) < 4.78 is 5.58. The van der Waals surface area contributed by atoms with Crippen molar-refractivity contribution in [3.05, 3.63) is 34.8 Å². The van der Waals surface area contributed by atoms with Crippen LogP contribution in [0.2, 0.25) is 0 Å². The van der Waals surface area contributed by atoms with Crippen LogP contribution in [0.5, 0.6) is 5.75 Å². The summed E-state index contributed by atoms with van der Waals surface area (Å²) in [4.78, 5) is 12.0. The molecule has 0 radical (unpaired) electrons. The van der Waals surface area contributed by atoms with E-state index in [1.165, 1.54) is 11.3 Å². The molecule has 1 aromatic carbocycles. The molecule has 6 heteroatoms. The van der Waals surface area contributed by atoms with Crippen LogP contribution in [0.25, 0.3) is 0 Å². The lowest BCUT2D eigenvalue weighted by atomic mass is 10.2. The Morgan fingerprint density at radius 3 is 2.65 bits per heavy atom. The number of nitrogens with one attached hydrogen (secondary N) is 1. The number of carbonyl (C=O) groups is 1. The van der Waals surface area contributed by atoms with Crippen molar-refractivity contribution in [2.75, 3.05) is 5.32 Å². The minimum Gasteiger partial charge on any atom is -0.481 e. The van der Waals surface area contributed by atoms with Gasteiger partial charge in [0.05, 0.1) is 0 Å². The number of aryl methyl sites for hydroxylation is 2. The standard InChI is InChI=1S/C14H17N3O2S/c1-4-12-16-17-14(20-12)15-13(18)10(3)19-11-7-5-9(2)6-8-11/h5-8,10H,4H2,1-3H3,(H,15,17,18)/t10-/m1/s1. The molecule has 0 spiro atoms. The van der Waals surface area contributed by atoms with E-state index in [0.717, 1.165) is 17.0 Å². The van der Waals surface area contributed by atoms with E-state index in [-0.39, 0.29) is 5.91 Å². The van der Waals surface area contributed by atoms with Crippen LogP contribution in [0, 0.1) is 6.92 Å². The molecule has 0 fully saturated rings. The Kier molecular flexibility index (Phi) is 4.68. The lowest BCUT2D eigenvalue weighted by Crippen LogP contribution is -2.30. The molecule has 1 heterocycles. The van der Waals surface area contributed by atoms with E-state index in [2.05, 4.69) is 15.5 Å². The summed E-state index contributed by atoms with van der Waals surface area (Å²) in [6.45, 7) is 5.70. The van der Waals surface area contributed by atoms with Crippen LogP contribution < -0.4 is 10.1 Å². The number of benzene rings is 1. The number of amides is 1. The molecule has 1 aromatic heterocycles. The molecule has 20 heavy (non-hydrogen) atoms. The van der Waals surface area contributed by atoms with E-state index in [4.69, 9.17) is 4.74 Å². The lowest BCUT2D eigenvalue weighted by Gasteiger charge is -2.13. The van der Waals surface area contributed by atoms with Crippen LogP contribution in [0.4, 0.5) is 5.13 Å². The molecule has 1 N–H and O–H groups in total. The predicted molar refractivity (Wildman–Crippen MR) is 79.2 cm³/mol. The first-order chi connectivity index (χ1) is 9.58. The number of aromatic nitrogens is 2. The fourth-order valence-corrected chi connectivity index (χ4v) is 2.21. The smallest absolute Gasteiger partial charge is 0.266 e. The van der Waals surface area contributed by atoms with Gasteiger partial charge < -0.3 is 4.74 Å². The van der Waals surface area contributed by atoms with Crippen molar-refractivity contribution < 1.29 is 9.53 Å². The molecule has 0 unspecified atom stereocenters. The third-order valence-electron chi connectivity index (χ3n) is 2.70. The van der Waals surface area contributed by atoms with Gasteiger partial charge in [-0.1, -0.05) is 36.0 Å². The van der Waals surface area contributed by atoms with Crippen molar-refractivity contribution in [2.45, 2.75) is 33.3 Å². The molecule has 0 saturated heterocycles. The van der Waals surface area contributed by atoms with Gasteiger partial charge in [-0.25, -0.2) is 0 Å². The highest BCUT2D eigenvalue weighted by Crippen LogP contribution is 2.17. The number of carbonyl (C=O) groups excluding carboxylic acids is 1. The van der Waals surface area contributed by atoms with Gasteiger partial charge >= 0.3 is 0 Å². The van der Waals surface area contributed by atoms with Gasteiger partial charge in [0, 0.05) is 0 Å². The van der Waals surface area contributed by atoms with E-state index in [9.17, 15) is 4.79 Å². The van der Waals surface area contributed by atoms with E-state index >= 15 is 0 Å². The molecule has 0 aliphatic carbocycles. The fraction of sp³-hybridized carbons (Fsp3) is 0.357. The Hall–Kier alpha value is -1.95. The van der Waals surface area contributed by atoms with Crippen molar-refractivity contribution in [2.24, 2.45) is 0 Å². The Balaban J connectivity index is 1.93. The Labute approximate surface area is 122 Å². The molecule has 1 amide bonds. The molecular formula is C14H17N3O2S. The van der Waals surface area contributed by atoms with Crippen LogP contribution in [0.15, 0.2) is 24.3 Å². The zero-order valence-electron chi connectivity index (χ0n) is 11.7. The van der Waals surface area contributed by atoms with Crippen LogP contribution in [-0.4, -0.2) is 22.2 Å². The van der Waals surface area contributed by atoms with Crippen molar-refractivity contribution in [1.82, 2.24) is 10.2 Å². The third kappa shape index (κ3) is 3.77. The first-order valence-corrected chi connectivity index (χ1v) is 7.26. The summed E-state index contributed by atoms with van der Waals surface area (Å²) in [5.74, 6) is 0.439. The minimum atomic E-state index is -0.591. The second-order valence-corrected chi connectivity index (χ2v) is 5.48. The number of ether oxygens (including phenoxy) is 1. The predicted octanol–water partition coefficient (Wildman–Crippen LogP) is 2.81. The quantitative estimate of drug-likeness (QED) is 0.920.